The van der Waals surface area contributed by atoms with Gasteiger partial charge in [0.1, 0.15) is 0 Å². The number of alkyl halides is 3. The predicted molar refractivity (Wildman–Crippen MR) is 67.4 cm³/mol. The maximum atomic E-state index is 11.8. The third-order valence-electron chi connectivity index (χ3n) is 2.11. The zero-order valence-electron chi connectivity index (χ0n) is 10.7. The second-order valence-electron chi connectivity index (χ2n) is 3.66. The van der Waals surface area contributed by atoms with Gasteiger partial charge in [0.2, 0.25) is 0 Å². The van der Waals surface area contributed by atoms with E-state index >= 15 is 0 Å². The quantitative estimate of drug-likeness (QED) is 0.346. The fourth-order valence-electron chi connectivity index (χ4n) is 1.23. The molecular formula is C11H10F3NO5S. The first-order chi connectivity index (χ1) is 9.73. The van der Waals surface area contributed by atoms with Gasteiger partial charge in [0.15, 0.2) is 19.0 Å². The molecule has 1 rings (SSSR count). The largest absolute Gasteiger partial charge is 0.475 e. The van der Waals surface area contributed by atoms with Crippen LogP contribution >= 0.6 is 11.8 Å². The van der Waals surface area contributed by atoms with Gasteiger partial charge in [-0.25, -0.2) is 4.79 Å². The first-order valence-electron chi connectivity index (χ1n) is 5.40. The molecule has 116 valence electrons. The number of rotatable bonds is 6. The molecule has 0 aliphatic rings. The standard InChI is InChI=1S/C11H10F3NO5S/c1-21-7-2-3-9(8(4-7)15(17)18)19-5-10(16)20-6-11(12,13)14/h2-4H,5-6H2,1H3. The van der Waals surface area contributed by atoms with Crippen molar-refractivity contribution < 1.29 is 32.4 Å². The van der Waals surface area contributed by atoms with Crippen LogP contribution in [0.15, 0.2) is 23.1 Å². The van der Waals surface area contributed by atoms with Crippen molar-refractivity contribution in [2.75, 3.05) is 19.5 Å². The van der Waals surface area contributed by atoms with Crippen LogP contribution in [0.3, 0.4) is 0 Å². The van der Waals surface area contributed by atoms with Gasteiger partial charge < -0.3 is 9.47 Å². The number of carbonyl (C=O) groups excluding carboxylic acids is 1. The average Bonchev–Trinajstić information content (AvgIpc) is 2.41. The van der Waals surface area contributed by atoms with Crippen molar-refractivity contribution in [2.45, 2.75) is 11.1 Å². The monoisotopic (exact) mass is 325 g/mol. The first kappa shape index (κ1) is 17.1. The molecule has 0 aliphatic heterocycles. The fraction of sp³-hybridized carbons (Fsp3) is 0.364. The number of esters is 1. The van der Waals surface area contributed by atoms with Crippen molar-refractivity contribution in [1.29, 1.82) is 0 Å². The number of carbonyl (C=O) groups is 1. The number of nitro benzene ring substituents is 1. The molecule has 1 aromatic carbocycles. The number of benzene rings is 1. The van der Waals surface area contributed by atoms with Crippen LogP contribution in [-0.4, -0.2) is 36.5 Å². The lowest BCUT2D eigenvalue weighted by molar-refractivity contribution is -0.386. The number of hydrogen-bond acceptors (Lipinski definition) is 6. The van der Waals surface area contributed by atoms with Crippen molar-refractivity contribution in [3.63, 3.8) is 0 Å². The Morgan fingerprint density at radius 2 is 2.10 bits per heavy atom. The van der Waals surface area contributed by atoms with Gasteiger partial charge >= 0.3 is 17.8 Å². The summed E-state index contributed by atoms with van der Waals surface area (Å²) < 4.78 is 44.2. The first-order valence-corrected chi connectivity index (χ1v) is 6.63. The third-order valence-corrected chi connectivity index (χ3v) is 2.83. The van der Waals surface area contributed by atoms with E-state index in [1.165, 1.54) is 30.0 Å². The normalized spacial score (nSPS) is 11.0. The zero-order valence-corrected chi connectivity index (χ0v) is 11.5. The summed E-state index contributed by atoms with van der Waals surface area (Å²) in [6, 6.07) is 4.02. The molecule has 0 heterocycles. The molecule has 1 aromatic rings. The molecule has 21 heavy (non-hydrogen) atoms. The van der Waals surface area contributed by atoms with Crippen molar-refractivity contribution >= 4 is 23.4 Å². The molecule has 0 N–H and O–H groups in total. The maximum Gasteiger partial charge on any atom is 0.422 e. The molecular weight excluding hydrogens is 315 g/mol. The Balaban J connectivity index is 2.67. The lowest BCUT2D eigenvalue weighted by Gasteiger charge is -2.09. The van der Waals surface area contributed by atoms with E-state index in [0.29, 0.717) is 4.90 Å². The van der Waals surface area contributed by atoms with Crippen LogP contribution in [0.25, 0.3) is 0 Å². The van der Waals surface area contributed by atoms with E-state index in [2.05, 4.69) is 4.74 Å². The number of nitro groups is 1. The van der Waals surface area contributed by atoms with Gasteiger partial charge in [0.25, 0.3) is 0 Å². The number of hydrogen-bond donors (Lipinski definition) is 0. The summed E-state index contributed by atoms with van der Waals surface area (Å²) in [5.41, 5.74) is -0.384. The van der Waals surface area contributed by atoms with E-state index in [1.807, 2.05) is 0 Å². The highest BCUT2D eigenvalue weighted by Crippen LogP contribution is 2.31. The summed E-state index contributed by atoms with van der Waals surface area (Å²) >= 11 is 1.27. The van der Waals surface area contributed by atoms with Gasteiger partial charge in [-0.15, -0.1) is 11.8 Å². The number of nitrogens with zero attached hydrogens (tertiary/aromatic N) is 1. The molecule has 0 bridgehead atoms. The van der Waals surface area contributed by atoms with E-state index in [9.17, 15) is 28.1 Å². The van der Waals surface area contributed by atoms with Crippen LogP contribution in [0, 0.1) is 10.1 Å². The average molecular weight is 325 g/mol. The second-order valence-corrected chi connectivity index (χ2v) is 4.53. The Morgan fingerprint density at radius 1 is 1.43 bits per heavy atom. The van der Waals surface area contributed by atoms with Crippen molar-refractivity contribution in [3.05, 3.63) is 28.3 Å². The Labute approximate surface area is 121 Å². The Kier molecular flexibility index (Phi) is 5.82. The van der Waals surface area contributed by atoms with Gasteiger partial charge in [-0.2, -0.15) is 13.2 Å². The molecule has 0 spiro atoms. The van der Waals surface area contributed by atoms with Gasteiger partial charge in [0, 0.05) is 11.0 Å². The highest BCUT2D eigenvalue weighted by atomic mass is 32.2. The minimum atomic E-state index is -4.64. The SMILES string of the molecule is CSc1ccc(OCC(=O)OCC(F)(F)F)c([N+](=O)[O-])c1. The summed E-state index contributed by atoms with van der Waals surface area (Å²) in [6.45, 7) is -2.59. The summed E-state index contributed by atoms with van der Waals surface area (Å²) in [5.74, 6) is -1.49. The van der Waals surface area contributed by atoms with Gasteiger partial charge in [-0.05, 0) is 18.4 Å². The van der Waals surface area contributed by atoms with Crippen molar-refractivity contribution in [1.82, 2.24) is 0 Å². The number of ether oxygens (including phenoxy) is 2. The molecule has 0 fully saturated rings. The van der Waals surface area contributed by atoms with Crippen LogP contribution in [0.4, 0.5) is 18.9 Å². The Hall–Kier alpha value is -1.97. The smallest absolute Gasteiger partial charge is 0.422 e. The molecule has 0 amide bonds. The Morgan fingerprint density at radius 3 is 2.62 bits per heavy atom. The highest BCUT2D eigenvalue weighted by molar-refractivity contribution is 7.98. The molecule has 0 radical (unpaired) electrons. The molecule has 6 nitrogen and oxygen atoms in total. The van der Waals surface area contributed by atoms with E-state index in [0.717, 1.165) is 0 Å². The summed E-state index contributed by atoms with van der Waals surface area (Å²) in [7, 11) is 0. The maximum absolute atomic E-state index is 11.8. The summed E-state index contributed by atoms with van der Waals surface area (Å²) in [5, 5.41) is 10.8. The van der Waals surface area contributed by atoms with Crippen LogP contribution in [0.5, 0.6) is 5.75 Å². The van der Waals surface area contributed by atoms with Crippen molar-refractivity contribution in [3.8, 4) is 5.75 Å². The second kappa shape index (κ2) is 7.16. The van der Waals surface area contributed by atoms with E-state index in [1.54, 1.807) is 6.26 Å². The van der Waals surface area contributed by atoms with Crippen LogP contribution in [-0.2, 0) is 9.53 Å². The number of halogens is 3. The van der Waals surface area contributed by atoms with Crippen LogP contribution in [0.2, 0.25) is 0 Å². The van der Waals surface area contributed by atoms with Crippen LogP contribution in [0.1, 0.15) is 0 Å². The third kappa shape index (κ3) is 5.90. The minimum absolute atomic E-state index is 0.221. The van der Waals surface area contributed by atoms with Gasteiger partial charge in [-0.3, -0.25) is 10.1 Å². The molecule has 0 aromatic heterocycles. The van der Waals surface area contributed by atoms with Gasteiger partial charge in [-0.1, -0.05) is 0 Å². The predicted octanol–water partition coefficient (Wildman–Crippen LogP) is 2.80. The lowest BCUT2D eigenvalue weighted by Crippen LogP contribution is -2.23. The van der Waals surface area contributed by atoms with E-state index in [4.69, 9.17) is 4.74 Å². The zero-order chi connectivity index (χ0) is 16.0. The van der Waals surface area contributed by atoms with E-state index < -0.39 is 30.3 Å². The molecule has 10 heteroatoms. The summed E-state index contributed by atoms with van der Waals surface area (Å²) in [6.07, 6.45) is -2.92. The molecule has 0 saturated heterocycles. The highest BCUT2D eigenvalue weighted by Gasteiger charge is 2.29. The Bertz CT molecular complexity index is 535. The van der Waals surface area contributed by atoms with Gasteiger partial charge in [0.05, 0.1) is 4.92 Å². The minimum Gasteiger partial charge on any atom is -0.475 e. The molecule has 0 unspecified atom stereocenters. The fourth-order valence-corrected chi connectivity index (χ4v) is 1.66. The van der Waals surface area contributed by atoms with Crippen LogP contribution < -0.4 is 4.74 Å². The topological polar surface area (TPSA) is 78.7 Å². The molecule has 0 aliphatic carbocycles. The summed E-state index contributed by atoms with van der Waals surface area (Å²) in [4.78, 5) is 21.8. The number of thioether (sulfide) groups is 1. The van der Waals surface area contributed by atoms with Crippen molar-refractivity contribution in [2.24, 2.45) is 0 Å². The lowest BCUT2D eigenvalue weighted by atomic mass is 10.3. The van der Waals surface area contributed by atoms with E-state index in [-0.39, 0.29) is 11.4 Å². The molecule has 0 saturated carbocycles. The molecule has 0 atom stereocenters.